The second-order valence-electron chi connectivity index (χ2n) is 11.7. The number of hydrogen-bond donors (Lipinski definition) is 2. The summed E-state index contributed by atoms with van der Waals surface area (Å²) in [5, 5.41) is 6.79. The maximum atomic E-state index is 11.8. The highest BCUT2D eigenvalue weighted by molar-refractivity contribution is 6.02. The molecule has 0 saturated heterocycles. The van der Waals surface area contributed by atoms with Crippen LogP contribution in [0.2, 0.25) is 0 Å². The number of ether oxygens (including phenoxy) is 3. The molecule has 2 heterocycles. The highest BCUT2D eigenvalue weighted by Gasteiger charge is 2.24. The van der Waals surface area contributed by atoms with Crippen LogP contribution in [0.4, 0.5) is 4.79 Å². The van der Waals surface area contributed by atoms with Gasteiger partial charge in [-0.15, -0.1) is 0 Å². The van der Waals surface area contributed by atoms with Crippen LogP contribution < -0.4 is 15.4 Å². The number of hydrogen-bond acceptors (Lipinski definition) is 7. The molecule has 40 heavy (non-hydrogen) atoms. The molecule has 10 heteroatoms. The zero-order chi connectivity index (χ0) is 29.3. The van der Waals surface area contributed by atoms with Gasteiger partial charge in [-0.05, 0) is 66.5 Å². The molecule has 0 unspecified atom stereocenters. The molecule has 1 aromatic carbocycles. The largest absolute Gasteiger partial charge is 0.494 e. The molecule has 3 rings (SSSR count). The molecule has 0 aliphatic heterocycles. The number of nitrogens with one attached hydrogen (secondary N) is 2. The summed E-state index contributed by atoms with van der Waals surface area (Å²) in [7, 11) is 0. The third kappa shape index (κ3) is 9.36. The lowest BCUT2D eigenvalue weighted by Gasteiger charge is -2.27. The summed E-state index contributed by atoms with van der Waals surface area (Å²) in [6.07, 6.45) is 5.23. The maximum Gasteiger partial charge on any atom is 0.407 e. The van der Waals surface area contributed by atoms with Crippen molar-refractivity contribution in [3.05, 3.63) is 30.2 Å². The van der Waals surface area contributed by atoms with Crippen LogP contribution in [-0.2, 0) is 27.4 Å². The second-order valence-corrected chi connectivity index (χ2v) is 11.7. The summed E-state index contributed by atoms with van der Waals surface area (Å²) in [6.45, 7) is 15.7. The number of benzene rings is 1. The van der Waals surface area contributed by atoms with Crippen molar-refractivity contribution in [2.24, 2.45) is 0 Å². The van der Waals surface area contributed by atoms with Crippen molar-refractivity contribution in [2.75, 3.05) is 19.8 Å². The van der Waals surface area contributed by atoms with Gasteiger partial charge in [-0.25, -0.2) is 9.78 Å². The Labute approximate surface area is 237 Å². The van der Waals surface area contributed by atoms with Crippen LogP contribution in [0.25, 0.3) is 21.9 Å². The fraction of sp³-hybridized carbons (Fsp3) is 0.600. The monoisotopic (exact) mass is 555 g/mol. The van der Waals surface area contributed by atoms with Crippen molar-refractivity contribution in [2.45, 2.75) is 98.4 Å². The van der Waals surface area contributed by atoms with Gasteiger partial charge < -0.3 is 29.4 Å². The summed E-state index contributed by atoms with van der Waals surface area (Å²) in [5.41, 5.74) is 1.61. The van der Waals surface area contributed by atoms with Crippen LogP contribution in [0.15, 0.2) is 24.4 Å². The van der Waals surface area contributed by atoms with Crippen LogP contribution in [0, 0.1) is 0 Å². The van der Waals surface area contributed by atoms with Gasteiger partial charge in [0.1, 0.15) is 29.3 Å². The second kappa shape index (κ2) is 13.8. The van der Waals surface area contributed by atoms with Gasteiger partial charge in [0.25, 0.3) is 0 Å². The lowest BCUT2D eigenvalue weighted by atomic mass is 10.1. The minimum atomic E-state index is -0.482. The van der Waals surface area contributed by atoms with Gasteiger partial charge in [0, 0.05) is 38.1 Å². The van der Waals surface area contributed by atoms with E-state index in [-0.39, 0.29) is 12.0 Å². The highest BCUT2D eigenvalue weighted by atomic mass is 16.6. The molecule has 0 atom stereocenters. The van der Waals surface area contributed by atoms with Crippen molar-refractivity contribution in [1.82, 2.24) is 25.2 Å². The highest BCUT2D eigenvalue weighted by Crippen LogP contribution is 2.29. The third-order valence-electron chi connectivity index (χ3n) is 6.14. The Morgan fingerprint density at radius 1 is 1.02 bits per heavy atom. The first-order valence-electron chi connectivity index (χ1n) is 14.1. The van der Waals surface area contributed by atoms with Crippen LogP contribution in [0.1, 0.15) is 80.0 Å². The molecule has 0 aliphatic rings. The number of unbranched alkanes of at least 4 members (excludes halogenated alkanes) is 3. The first kappa shape index (κ1) is 31.1. The van der Waals surface area contributed by atoms with Gasteiger partial charge in [-0.3, -0.25) is 9.78 Å². The molecule has 10 nitrogen and oxygen atoms in total. The molecular formula is C30H45N5O5. The quantitative estimate of drug-likeness (QED) is 0.252. The van der Waals surface area contributed by atoms with Crippen molar-refractivity contribution in [3.63, 3.8) is 0 Å². The van der Waals surface area contributed by atoms with Gasteiger partial charge in [0.05, 0.1) is 29.4 Å². The van der Waals surface area contributed by atoms with E-state index in [1.54, 1.807) is 6.20 Å². The van der Waals surface area contributed by atoms with Crippen molar-refractivity contribution in [1.29, 1.82) is 0 Å². The Balaban J connectivity index is 1.62. The molecular weight excluding hydrogens is 510 g/mol. The minimum Gasteiger partial charge on any atom is -0.494 e. The van der Waals surface area contributed by atoms with Gasteiger partial charge >= 0.3 is 6.09 Å². The van der Waals surface area contributed by atoms with E-state index in [2.05, 4.69) is 20.2 Å². The van der Waals surface area contributed by atoms with Crippen molar-refractivity contribution < 1.29 is 23.8 Å². The number of alkyl carbamates (subject to hydrolysis) is 1. The normalized spacial score (nSPS) is 12.1. The van der Waals surface area contributed by atoms with Crippen molar-refractivity contribution >= 4 is 33.9 Å². The van der Waals surface area contributed by atoms with Crippen LogP contribution in [0.3, 0.4) is 0 Å². The summed E-state index contributed by atoms with van der Waals surface area (Å²) in [6, 6.07) is 5.95. The predicted octanol–water partition coefficient (Wildman–Crippen LogP) is 5.50. The summed E-state index contributed by atoms with van der Waals surface area (Å²) in [5.74, 6) is 1.49. The predicted molar refractivity (Wildman–Crippen MR) is 156 cm³/mol. The SMILES string of the molecule is CCOCc1nc2cnc3cc(OCCCCCCNC(=O)OC(C)(C)C)ccc3c2n1CC(C)(C)NC(C)=O. The summed E-state index contributed by atoms with van der Waals surface area (Å²) < 4.78 is 19.1. The van der Waals surface area contributed by atoms with E-state index in [4.69, 9.17) is 19.2 Å². The number of aromatic nitrogens is 3. The van der Waals surface area contributed by atoms with E-state index in [1.165, 1.54) is 6.92 Å². The van der Waals surface area contributed by atoms with Gasteiger partial charge in [0.15, 0.2) is 0 Å². The van der Waals surface area contributed by atoms with Crippen molar-refractivity contribution in [3.8, 4) is 5.75 Å². The Bertz CT molecular complexity index is 1300. The van der Waals surface area contributed by atoms with E-state index >= 15 is 0 Å². The topological polar surface area (TPSA) is 117 Å². The number of nitrogens with zero attached hydrogens (tertiary/aromatic N) is 3. The van der Waals surface area contributed by atoms with Crippen LogP contribution in [0.5, 0.6) is 5.75 Å². The van der Waals surface area contributed by atoms with E-state index in [0.29, 0.717) is 32.9 Å². The van der Waals surface area contributed by atoms with Crippen LogP contribution in [-0.4, -0.2) is 57.4 Å². The molecule has 0 bridgehead atoms. The molecule has 0 fully saturated rings. The minimum absolute atomic E-state index is 0.0773. The number of fused-ring (bicyclic) bond motifs is 3. The zero-order valence-electron chi connectivity index (χ0n) is 25.1. The van der Waals surface area contributed by atoms with Gasteiger partial charge in [-0.2, -0.15) is 0 Å². The molecule has 2 amide bonds. The number of amides is 2. The number of carbonyl (C=O) groups excluding carboxylic acids is 2. The number of imidazole rings is 1. The molecule has 0 saturated carbocycles. The molecule has 0 radical (unpaired) electrons. The lowest BCUT2D eigenvalue weighted by molar-refractivity contribution is -0.120. The molecule has 3 aromatic rings. The average Bonchev–Trinajstić information content (AvgIpc) is 3.19. The average molecular weight is 556 g/mol. The van der Waals surface area contributed by atoms with Gasteiger partial charge in [0.2, 0.25) is 5.91 Å². The summed E-state index contributed by atoms with van der Waals surface area (Å²) >= 11 is 0. The Morgan fingerprint density at radius 2 is 1.77 bits per heavy atom. The van der Waals surface area contributed by atoms with Gasteiger partial charge in [-0.1, -0.05) is 12.8 Å². The van der Waals surface area contributed by atoms with E-state index < -0.39 is 11.1 Å². The maximum absolute atomic E-state index is 11.8. The Morgan fingerprint density at radius 3 is 2.48 bits per heavy atom. The molecule has 220 valence electrons. The standard InChI is InChI=1S/C30H45N5O5/c1-8-38-19-26-33-25-18-32-24-17-22(39-16-12-10-9-11-15-31-28(37)40-29(3,4)5)13-14-23(24)27(25)35(26)20-30(6,7)34-21(2)36/h13-14,17-18H,8-12,15-16,19-20H2,1-7H3,(H,31,37)(H,34,36). The fourth-order valence-electron chi connectivity index (χ4n) is 4.59. The Kier molecular flexibility index (Phi) is 10.7. The van der Waals surface area contributed by atoms with E-state index in [1.807, 2.05) is 59.7 Å². The smallest absolute Gasteiger partial charge is 0.407 e. The third-order valence-corrected chi connectivity index (χ3v) is 6.14. The summed E-state index contributed by atoms with van der Waals surface area (Å²) in [4.78, 5) is 32.9. The lowest BCUT2D eigenvalue weighted by Crippen LogP contribution is -2.45. The molecule has 0 aliphatic carbocycles. The van der Waals surface area contributed by atoms with E-state index in [9.17, 15) is 9.59 Å². The number of pyridine rings is 1. The van der Waals surface area contributed by atoms with E-state index in [0.717, 1.165) is 59.2 Å². The molecule has 2 N–H and O–H groups in total. The first-order valence-corrected chi connectivity index (χ1v) is 14.1. The zero-order valence-corrected chi connectivity index (χ0v) is 25.1. The molecule has 2 aromatic heterocycles. The number of rotatable bonds is 14. The Hall–Kier alpha value is -3.40. The fourth-order valence-corrected chi connectivity index (χ4v) is 4.59. The van der Waals surface area contributed by atoms with Crippen LogP contribution >= 0.6 is 0 Å². The first-order chi connectivity index (χ1) is 18.9. The molecule has 0 spiro atoms. The number of carbonyl (C=O) groups is 2.